The predicted octanol–water partition coefficient (Wildman–Crippen LogP) is 3.40. The van der Waals surface area contributed by atoms with Crippen molar-refractivity contribution in [2.24, 2.45) is 0 Å². The summed E-state index contributed by atoms with van der Waals surface area (Å²) in [6.07, 6.45) is -0.300. The maximum atomic E-state index is 11.2. The third-order valence-corrected chi connectivity index (χ3v) is 2.99. The molecule has 0 aliphatic heterocycles. The number of hydrogen-bond acceptors (Lipinski definition) is 4. The van der Waals surface area contributed by atoms with E-state index in [1.807, 2.05) is 24.3 Å². The van der Waals surface area contributed by atoms with Gasteiger partial charge in [-0.1, -0.05) is 28.1 Å². The largest absolute Gasteiger partial charge is 0.463 e. The summed E-state index contributed by atoms with van der Waals surface area (Å²) in [6.45, 7) is 4.50. The van der Waals surface area contributed by atoms with Crippen molar-refractivity contribution < 1.29 is 19.1 Å². The maximum Gasteiger partial charge on any atom is 0.303 e. The van der Waals surface area contributed by atoms with Gasteiger partial charge in [0.15, 0.2) is 0 Å². The van der Waals surface area contributed by atoms with Gasteiger partial charge >= 0.3 is 11.9 Å². The lowest BCUT2D eigenvalue weighted by Crippen LogP contribution is -2.19. The van der Waals surface area contributed by atoms with E-state index in [-0.39, 0.29) is 18.0 Å². The average molecular weight is 329 g/mol. The monoisotopic (exact) mass is 328 g/mol. The number of hydrogen-bond donors (Lipinski definition) is 0. The highest BCUT2D eigenvalue weighted by Gasteiger charge is 2.19. The minimum Gasteiger partial charge on any atom is -0.463 e. The third-order valence-electron chi connectivity index (χ3n) is 2.46. The van der Waals surface area contributed by atoms with Crippen molar-refractivity contribution in [3.8, 4) is 0 Å². The van der Waals surface area contributed by atoms with Crippen LogP contribution in [-0.4, -0.2) is 18.0 Å². The molecule has 0 amide bonds. The van der Waals surface area contributed by atoms with Gasteiger partial charge in [0, 0.05) is 24.7 Å². The standard InChI is InChI=1S/C14H17BrO4/c1-9(18-10(2)16)8-14(19-11(3)17)12-4-6-13(15)7-5-12/h4-7,9,14H,8H2,1-3H3/t9-,14-/m1/s1. The number of esters is 2. The molecule has 1 aromatic rings. The summed E-state index contributed by atoms with van der Waals surface area (Å²) in [5, 5.41) is 0. The Morgan fingerprint density at radius 2 is 1.63 bits per heavy atom. The van der Waals surface area contributed by atoms with Crippen molar-refractivity contribution in [1.29, 1.82) is 0 Å². The van der Waals surface area contributed by atoms with Crippen LogP contribution in [0.25, 0.3) is 0 Å². The number of rotatable bonds is 5. The minimum atomic E-state index is -0.417. The molecule has 0 aliphatic rings. The number of carbonyl (C=O) groups excluding carboxylic acids is 2. The smallest absolute Gasteiger partial charge is 0.303 e. The highest BCUT2D eigenvalue weighted by Crippen LogP contribution is 2.25. The Labute approximate surface area is 121 Å². The van der Waals surface area contributed by atoms with Gasteiger partial charge in [0.05, 0.1) is 0 Å². The molecule has 0 N–H and O–H groups in total. The molecule has 0 saturated heterocycles. The van der Waals surface area contributed by atoms with E-state index in [1.54, 1.807) is 6.92 Å². The number of ether oxygens (including phenoxy) is 2. The molecule has 0 radical (unpaired) electrons. The molecule has 5 heteroatoms. The van der Waals surface area contributed by atoms with Crippen LogP contribution in [0.5, 0.6) is 0 Å². The van der Waals surface area contributed by atoms with Gasteiger partial charge in [0.2, 0.25) is 0 Å². The second-order valence-corrected chi connectivity index (χ2v) is 5.22. The zero-order valence-electron chi connectivity index (χ0n) is 11.2. The first-order valence-electron chi connectivity index (χ1n) is 5.98. The molecule has 0 aromatic heterocycles. The molecule has 2 atom stereocenters. The Kier molecular flexibility index (Phi) is 6.02. The summed E-state index contributed by atoms with van der Waals surface area (Å²) in [4.78, 5) is 22.1. The van der Waals surface area contributed by atoms with Gasteiger partial charge in [-0.2, -0.15) is 0 Å². The Bertz CT molecular complexity index is 441. The van der Waals surface area contributed by atoms with Crippen LogP contribution in [0.3, 0.4) is 0 Å². The zero-order chi connectivity index (χ0) is 14.4. The van der Waals surface area contributed by atoms with Gasteiger partial charge in [-0.3, -0.25) is 9.59 Å². The minimum absolute atomic E-state index is 0.314. The van der Waals surface area contributed by atoms with Crippen LogP contribution < -0.4 is 0 Å². The number of benzene rings is 1. The molecule has 19 heavy (non-hydrogen) atoms. The molecule has 0 spiro atoms. The molecule has 0 aliphatic carbocycles. The molecule has 0 heterocycles. The van der Waals surface area contributed by atoms with Gasteiger partial charge in [-0.25, -0.2) is 0 Å². The molecule has 104 valence electrons. The van der Waals surface area contributed by atoms with Crippen molar-refractivity contribution in [3.05, 3.63) is 34.3 Å². The fourth-order valence-electron chi connectivity index (χ4n) is 1.76. The van der Waals surface area contributed by atoms with Crippen LogP contribution in [0, 0.1) is 0 Å². The van der Waals surface area contributed by atoms with Crippen LogP contribution in [-0.2, 0) is 19.1 Å². The van der Waals surface area contributed by atoms with E-state index in [0.29, 0.717) is 6.42 Å². The molecule has 0 saturated carbocycles. The van der Waals surface area contributed by atoms with Gasteiger partial charge in [0.25, 0.3) is 0 Å². The molecule has 4 nitrogen and oxygen atoms in total. The van der Waals surface area contributed by atoms with Gasteiger partial charge in [-0.15, -0.1) is 0 Å². The van der Waals surface area contributed by atoms with Gasteiger partial charge in [-0.05, 0) is 24.6 Å². The summed E-state index contributed by atoms with van der Waals surface area (Å²) in [5.74, 6) is -0.701. The van der Waals surface area contributed by atoms with Crippen molar-refractivity contribution in [3.63, 3.8) is 0 Å². The highest BCUT2D eigenvalue weighted by molar-refractivity contribution is 9.10. The van der Waals surface area contributed by atoms with Crippen molar-refractivity contribution in [1.82, 2.24) is 0 Å². The quantitative estimate of drug-likeness (QED) is 0.777. The van der Waals surface area contributed by atoms with Crippen LogP contribution >= 0.6 is 15.9 Å². The van der Waals surface area contributed by atoms with Gasteiger partial charge < -0.3 is 9.47 Å². The fourth-order valence-corrected chi connectivity index (χ4v) is 2.03. The molecular weight excluding hydrogens is 312 g/mol. The Morgan fingerprint density at radius 1 is 1.11 bits per heavy atom. The first kappa shape index (κ1) is 15.7. The zero-order valence-corrected chi connectivity index (χ0v) is 12.8. The Hall–Kier alpha value is -1.36. The average Bonchev–Trinajstić information content (AvgIpc) is 2.27. The summed E-state index contributed by atoms with van der Waals surface area (Å²) < 4.78 is 11.3. The van der Waals surface area contributed by atoms with Crippen LogP contribution in [0.4, 0.5) is 0 Å². The van der Waals surface area contributed by atoms with Crippen molar-refractivity contribution >= 4 is 27.9 Å². The highest BCUT2D eigenvalue weighted by atomic mass is 79.9. The first-order chi connectivity index (χ1) is 8.88. The van der Waals surface area contributed by atoms with E-state index in [9.17, 15) is 9.59 Å². The van der Waals surface area contributed by atoms with Crippen molar-refractivity contribution in [2.75, 3.05) is 0 Å². The molecule has 0 unspecified atom stereocenters. The topological polar surface area (TPSA) is 52.6 Å². The normalized spacial score (nSPS) is 13.5. The van der Waals surface area contributed by atoms with Crippen LogP contribution in [0.15, 0.2) is 28.7 Å². The van der Waals surface area contributed by atoms with Crippen LogP contribution in [0.2, 0.25) is 0 Å². The van der Waals surface area contributed by atoms with Gasteiger partial charge in [0.1, 0.15) is 12.2 Å². The van der Waals surface area contributed by atoms with E-state index in [4.69, 9.17) is 9.47 Å². The summed E-state index contributed by atoms with van der Waals surface area (Å²) in [7, 11) is 0. The molecule has 0 fully saturated rings. The lowest BCUT2D eigenvalue weighted by molar-refractivity contribution is -0.152. The second kappa shape index (κ2) is 7.28. The summed E-state index contributed by atoms with van der Waals surface area (Å²) >= 11 is 3.35. The van der Waals surface area contributed by atoms with E-state index in [1.165, 1.54) is 13.8 Å². The Balaban J connectivity index is 2.79. The molecular formula is C14H17BrO4. The Morgan fingerprint density at radius 3 is 2.11 bits per heavy atom. The third kappa shape index (κ3) is 5.87. The van der Waals surface area contributed by atoms with E-state index >= 15 is 0 Å². The summed E-state index contributed by atoms with van der Waals surface area (Å²) in [6, 6.07) is 7.50. The van der Waals surface area contributed by atoms with E-state index in [0.717, 1.165) is 10.0 Å². The van der Waals surface area contributed by atoms with E-state index < -0.39 is 6.10 Å². The van der Waals surface area contributed by atoms with Crippen LogP contribution in [0.1, 0.15) is 38.9 Å². The number of carbonyl (C=O) groups is 2. The number of halogens is 1. The SMILES string of the molecule is CC(=O)O[C@H](C)C[C@@H](OC(C)=O)c1ccc(Br)cc1. The first-order valence-corrected chi connectivity index (χ1v) is 6.77. The molecule has 1 rings (SSSR count). The summed E-state index contributed by atoms with van der Waals surface area (Å²) in [5.41, 5.74) is 0.873. The molecule has 1 aromatic carbocycles. The van der Waals surface area contributed by atoms with Crippen molar-refractivity contribution in [2.45, 2.75) is 39.4 Å². The van der Waals surface area contributed by atoms with E-state index in [2.05, 4.69) is 15.9 Å². The lowest BCUT2D eigenvalue weighted by atomic mass is 10.0. The predicted molar refractivity (Wildman–Crippen MR) is 74.5 cm³/mol. The second-order valence-electron chi connectivity index (χ2n) is 4.31. The lowest BCUT2D eigenvalue weighted by Gasteiger charge is -2.21. The fraction of sp³-hybridized carbons (Fsp3) is 0.429. The maximum absolute atomic E-state index is 11.2. The molecule has 0 bridgehead atoms.